The zero-order valence-corrected chi connectivity index (χ0v) is 16.1. The Morgan fingerprint density at radius 1 is 1.36 bits per heavy atom. The molecule has 1 aromatic rings. The summed E-state index contributed by atoms with van der Waals surface area (Å²) in [6.45, 7) is 6.45. The fourth-order valence-corrected chi connectivity index (χ4v) is 3.91. The lowest BCUT2D eigenvalue weighted by atomic mass is 9.87. The number of likely N-dealkylation sites (N-methyl/N-ethyl adjacent to an activating group) is 1. The quantitative estimate of drug-likeness (QED) is 0.821. The van der Waals surface area contributed by atoms with Gasteiger partial charge >= 0.3 is 0 Å². The van der Waals surface area contributed by atoms with Crippen LogP contribution < -0.4 is 10.5 Å². The Morgan fingerprint density at radius 3 is 2.68 bits per heavy atom. The number of carbonyl (C=O) groups excluding carboxylic acids is 1. The zero-order valence-electron chi connectivity index (χ0n) is 16.1. The van der Waals surface area contributed by atoms with E-state index < -0.39 is 0 Å². The van der Waals surface area contributed by atoms with Gasteiger partial charge in [0.15, 0.2) is 0 Å². The lowest BCUT2D eigenvalue weighted by Crippen LogP contribution is -2.54. The van der Waals surface area contributed by atoms with Crippen LogP contribution in [-0.4, -0.2) is 61.6 Å². The van der Waals surface area contributed by atoms with Gasteiger partial charge in [-0.3, -0.25) is 4.79 Å². The summed E-state index contributed by atoms with van der Waals surface area (Å²) in [6, 6.07) is 8.47. The number of rotatable bonds is 7. The predicted molar refractivity (Wildman–Crippen MR) is 102 cm³/mol. The van der Waals surface area contributed by atoms with Crippen molar-refractivity contribution in [3.63, 3.8) is 0 Å². The number of hydrogen-bond acceptors (Lipinski definition) is 4. The van der Waals surface area contributed by atoms with E-state index in [2.05, 4.69) is 24.1 Å². The minimum atomic E-state index is 0.0570. The minimum Gasteiger partial charge on any atom is -0.497 e. The first-order chi connectivity index (χ1) is 12.0. The van der Waals surface area contributed by atoms with E-state index in [9.17, 15) is 4.79 Å². The Morgan fingerprint density at radius 2 is 2.08 bits per heavy atom. The summed E-state index contributed by atoms with van der Waals surface area (Å²) in [5.74, 6) is 1.26. The average Bonchev–Trinajstić information content (AvgIpc) is 2.62. The van der Waals surface area contributed by atoms with Gasteiger partial charge in [0.25, 0.3) is 0 Å². The third kappa shape index (κ3) is 4.95. The fourth-order valence-electron chi connectivity index (χ4n) is 3.91. The van der Waals surface area contributed by atoms with Gasteiger partial charge in [0.1, 0.15) is 5.75 Å². The Bertz CT molecular complexity index is 560. The first-order valence-electron chi connectivity index (χ1n) is 9.37. The van der Waals surface area contributed by atoms with Crippen molar-refractivity contribution in [3.05, 3.63) is 29.8 Å². The molecule has 1 amide bonds. The van der Waals surface area contributed by atoms with Gasteiger partial charge in [-0.05, 0) is 57.9 Å². The van der Waals surface area contributed by atoms with Gasteiger partial charge in [0.05, 0.1) is 13.0 Å². The molecule has 2 rings (SSSR count). The molecule has 0 radical (unpaired) electrons. The van der Waals surface area contributed by atoms with Crippen molar-refractivity contribution in [2.45, 2.75) is 45.2 Å². The molecule has 3 unspecified atom stereocenters. The molecule has 1 fully saturated rings. The summed E-state index contributed by atoms with van der Waals surface area (Å²) in [7, 11) is 3.78. The molecule has 2 N–H and O–H groups in total. The number of carbonyl (C=O) groups is 1. The van der Waals surface area contributed by atoms with Crippen molar-refractivity contribution in [1.29, 1.82) is 0 Å². The first-order valence-corrected chi connectivity index (χ1v) is 9.37. The molecule has 140 valence electrons. The largest absolute Gasteiger partial charge is 0.497 e. The Hall–Kier alpha value is -1.59. The second-order valence-corrected chi connectivity index (χ2v) is 7.01. The van der Waals surface area contributed by atoms with Crippen molar-refractivity contribution in [1.82, 2.24) is 9.80 Å². The summed E-state index contributed by atoms with van der Waals surface area (Å²) in [5, 5.41) is 0. The number of benzene rings is 1. The molecule has 0 aromatic heterocycles. The number of methoxy groups -OCH3 is 1. The molecule has 3 atom stereocenters. The number of amides is 1. The molecule has 1 aliphatic rings. The summed E-state index contributed by atoms with van der Waals surface area (Å²) >= 11 is 0. The lowest BCUT2D eigenvalue weighted by molar-refractivity contribution is -0.137. The van der Waals surface area contributed by atoms with E-state index in [0.29, 0.717) is 6.04 Å². The van der Waals surface area contributed by atoms with Crippen LogP contribution in [-0.2, 0) is 11.2 Å². The normalized spacial score (nSPS) is 22.4. The van der Waals surface area contributed by atoms with Crippen LogP contribution >= 0.6 is 0 Å². The molecule has 1 heterocycles. The van der Waals surface area contributed by atoms with Gasteiger partial charge in [-0.2, -0.15) is 0 Å². The van der Waals surface area contributed by atoms with E-state index in [1.54, 1.807) is 7.11 Å². The highest BCUT2D eigenvalue weighted by Crippen LogP contribution is 2.25. The predicted octanol–water partition coefficient (Wildman–Crippen LogP) is 2.14. The van der Waals surface area contributed by atoms with Crippen LogP contribution in [0.15, 0.2) is 24.3 Å². The highest BCUT2D eigenvalue weighted by atomic mass is 16.5. The number of hydrogen-bond donors (Lipinski definition) is 1. The van der Waals surface area contributed by atoms with Crippen molar-refractivity contribution < 1.29 is 9.53 Å². The maximum absolute atomic E-state index is 12.6. The van der Waals surface area contributed by atoms with Gasteiger partial charge in [0.2, 0.25) is 5.91 Å². The van der Waals surface area contributed by atoms with Crippen molar-refractivity contribution >= 4 is 5.91 Å². The molecule has 0 bridgehead atoms. The van der Waals surface area contributed by atoms with Crippen LogP contribution in [0.3, 0.4) is 0 Å². The average molecular weight is 348 g/mol. The second-order valence-electron chi connectivity index (χ2n) is 7.01. The summed E-state index contributed by atoms with van der Waals surface area (Å²) in [6.07, 6.45) is 2.72. The zero-order chi connectivity index (χ0) is 18.4. The number of nitrogens with zero attached hydrogens (tertiary/aromatic N) is 2. The monoisotopic (exact) mass is 347 g/mol. The van der Waals surface area contributed by atoms with Crippen LogP contribution in [0.2, 0.25) is 0 Å². The lowest BCUT2D eigenvalue weighted by Gasteiger charge is -2.40. The molecular formula is C20H33N3O2. The molecule has 1 saturated heterocycles. The SMILES string of the molecule is CCN(CC)C(=O)C1CCC(C(N)Cc2cccc(OC)c2)N(C)C1. The molecule has 5 heteroatoms. The van der Waals surface area contributed by atoms with Crippen molar-refractivity contribution in [2.75, 3.05) is 33.8 Å². The van der Waals surface area contributed by atoms with E-state index in [-0.39, 0.29) is 17.9 Å². The van der Waals surface area contributed by atoms with Crippen LogP contribution in [0.4, 0.5) is 0 Å². The standard InChI is InChI=1S/C20H33N3O2/c1-5-23(6-2)20(24)16-10-11-19(22(3)14-16)18(21)13-15-8-7-9-17(12-15)25-4/h7-9,12,16,18-19H,5-6,10-11,13-14,21H2,1-4H3. The Kier molecular flexibility index (Phi) is 7.26. The molecule has 0 saturated carbocycles. The second kappa shape index (κ2) is 9.20. The molecular weight excluding hydrogens is 314 g/mol. The molecule has 1 aromatic carbocycles. The number of nitrogens with two attached hydrogens (primary N) is 1. The fraction of sp³-hybridized carbons (Fsp3) is 0.650. The van der Waals surface area contributed by atoms with E-state index in [0.717, 1.165) is 44.6 Å². The van der Waals surface area contributed by atoms with E-state index in [1.165, 1.54) is 5.56 Å². The first kappa shape index (κ1) is 19.7. The molecule has 0 spiro atoms. The van der Waals surface area contributed by atoms with Gasteiger partial charge < -0.3 is 20.3 Å². The van der Waals surface area contributed by atoms with Crippen molar-refractivity contribution in [2.24, 2.45) is 11.7 Å². The van der Waals surface area contributed by atoms with E-state index in [4.69, 9.17) is 10.5 Å². The minimum absolute atomic E-state index is 0.0570. The van der Waals surface area contributed by atoms with Gasteiger partial charge in [-0.25, -0.2) is 0 Å². The molecule has 1 aliphatic heterocycles. The smallest absolute Gasteiger partial charge is 0.226 e. The number of likely N-dealkylation sites (tertiary alicyclic amines) is 1. The third-order valence-electron chi connectivity index (χ3n) is 5.41. The number of ether oxygens (including phenoxy) is 1. The maximum atomic E-state index is 12.6. The van der Waals surface area contributed by atoms with Crippen LogP contribution in [0.25, 0.3) is 0 Å². The molecule has 0 aliphatic carbocycles. The summed E-state index contributed by atoms with van der Waals surface area (Å²) < 4.78 is 5.29. The topological polar surface area (TPSA) is 58.8 Å². The Labute approximate surface area is 152 Å². The molecule has 25 heavy (non-hydrogen) atoms. The maximum Gasteiger partial charge on any atom is 0.226 e. The Balaban J connectivity index is 1.94. The van der Waals surface area contributed by atoms with E-state index >= 15 is 0 Å². The summed E-state index contributed by atoms with van der Waals surface area (Å²) in [5.41, 5.74) is 7.71. The van der Waals surface area contributed by atoms with Crippen molar-refractivity contribution in [3.8, 4) is 5.75 Å². The highest BCUT2D eigenvalue weighted by Gasteiger charge is 2.34. The summed E-state index contributed by atoms with van der Waals surface area (Å²) in [4.78, 5) is 16.8. The van der Waals surface area contributed by atoms with Crippen LogP contribution in [0, 0.1) is 5.92 Å². The number of piperidine rings is 1. The van der Waals surface area contributed by atoms with Gasteiger partial charge in [-0.15, -0.1) is 0 Å². The van der Waals surface area contributed by atoms with Gasteiger partial charge in [-0.1, -0.05) is 12.1 Å². The van der Waals surface area contributed by atoms with Crippen LogP contribution in [0.1, 0.15) is 32.3 Å². The highest BCUT2D eigenvalue weighted by molar-refractivity contribution is 5.79. The molecule has 5 nitrogen and oxygen atoms in total. The van der Waals surface area contributed by atoms with E-state index in [1.807, 2.05) is 30.9 Å². The van der Waals surface area contributed by atoms with Gasteiger partial charge in [0, 0.05) is 31.7 Å². The third-order valence-corrected chi connectivity index (χ3v) is 5.41. The van der Waals surface area contributed by atoms with Crippen LogP contribution in [0.5, 0.6) is 5.75 Å².